The number of methoxy groups -OCH3 is 1. The Morgan fingerprint density at radius 1 is 1.47 bits per heavy atom. The van der Waals surface area contributed by atoms with Crippen LogP contribution < -0.4 is 15.2 Å². The first kappa shape index (κ1) is 14.7. The topological polar surface area (TPSA) is 125 Å². The zero-order valence-electron chi connectivity index (χ0n) is 10.3. The van der Waals surface area contributed by atoms with E-state index in [1.54, 1.807) is 0 Å². The maximum absolute atomic E-state index is 10.9. The fourth-order valence-electron chi connectivity index (χ4n) is 1.41. The molecule has 8 nitrogen and oxygen atoms in total. The number of nitro groups is 1. The highest BCUT2D eigenvalue weighted by Crippen LogP contribution is 2.34. The van der Waals surface area contributed by atoms with E-state index in [0.29, 0.717) is 13.0 Å². The van der Waals surface area contributed by atoms with E-state index in [4.69, 9.17) is 20.3 Å². The molecule has 0 radical (unpaired) electrons. The van der Waals surface area contributed by atoms with Crippen LogP contribution in [0.4, 0.5) is 5.69 Å². The van der Waals surface area contributed by atoms with E-state index >= 15 is 0 Å². The number of benzene rings is 1. The van der Waals surface area contributed by atoms with Crippen molar-refractivity contribution >= 4 is 11.7 Å². The minimum Gasteiger partial charge on any atom is -0.493 e. The Balaban J connectivity index is 3.19. The SMILES string of the molecule is COc1cc(C(=O)O)c([N+](=O)[O-])cc1OCCCN. The van der Waals surface area contributed by atoms with Crippen LogP contribution in [0.15, 0.2) is 12.1 Å². The number of aromatic carboxylic acids is 1. The average Bonchev–Trinajstić information content (AvgIpc) is 2.38. The van der Waals surface area contributed by atoms with Crippen molar-refractivity contribution in [1.29, 1.82) is 0 Å². The van der Waals surface area contributed by atoms with E-state index < -0.39 is 22.1 Å². The molecular weight excluding hydrogens is 256 g/mol. The first-order chi connectivity index (χ1) is 9.01. The fourth-order valence-corrected chi connectivity index (χ4v) is 1.41. The molecule has 8 heteroatoms. The van der Waals surface area contributed by atoms with Crippen molar-refractivity contribution in [3.63, 3.8) is 0 Å². The number of nitrogens with two attached hydrogens (primary N) is 1. The number of hydrogen-bond donors (Lipinski definition) is 2. The van der Waals surface area contributed by atoms with Gasteiger partial charge in [0.2, 0.25) is 0 Å². The molecule has 0 fully saturated rings. The molecule has 0 aliphatic carbocycles. The van der Waals surface area contributed by atoms with Gasteiger partial charge in [-0.2, -0.15) is 0 Å². The monoisotopic (exact) mass is 270 g/mol. The van der Waals surface area contributed by atoms with Gasteiger partial charge in [0.05, 0.1) is 24.7 Å². The molecule has 1 aromatic rings. The lowest BCUT2D eigenvalue weighted by Gasteiger charge is -2.11. The van der Waals surface area contributed by atoms with Gasteiger partial charge in [-0.15, -0.1) is 0 Å². The molecule has 0 heterocycles. The highest BCUT2D eigenvalue weighted by Gasteiger charge is 2.24. The van der Waals surface area contributed by atoms with Crippen LogP contribution in [0.25, 0.3) is 0 Å². The smallest absolute Gasteiger partial charge is 0.342 e. The quantitative estimate of drug-likeness (QED) is 0.430. The fraction of sp³-hybridized carbons (Fsp3) is 0.364. The minimum absolute atomic E-state index is 0.118. The van der Waals surface area contributed by atoms with Gasteiger partial charge in [0.1, 0.15) is 5.56 Å². The Hall–Kier alpha value is -2.35. The summed E-state index contributed by atoms with van der Waals surface area (Å²) < 4.78 is 10.3. The molecule has 0 amide bonds. The van der Waals surface area contributed by atoms with Crippen LogP contribution >= 0.6 is 0 Å². The average molecular weight is 270 g/mol. The van der Waals surface area contributed by atoms with Gasteiger partial charge in [0.25, 0.3) is 5.69 Å². The summed E-state index contributed by atoms with van der Waals surface area (Å²) in [7, 11) is 1.32. The molecule has 0 unspecified atom stereocenters. The summed E-state index contributed by atoms with van der Waals surface area (Å²) in [4.78, 5) is 21.0. The molecule has 19 heavy (non-hydrogen) atoms. The number of carboxylic acids is 1. The van der Waals surface area contributed by atoms with Crippen LogP contribution in [0.1, 0.15) is 16.8 Å². The van der Waals surface area contributed by atoms with Gasteiger partial charge < -0.3 is 20.3 Å². The van der Waals surface area contributed by atoms with Crippen molar-refractivity contribution in [2.45, 2.75) is 6.42 Å². The minimum atomic E-state index is -1.40. The summed E-state index contributed by atoms with van der Waals surface area (Å²) in [5.74, 6) is -1.16. The Labute approximate surface area is 108 Å². The normalized spacial score (nSPS) is 10.0. The predicted octanol–water partition coefficient (Wildman–Crippen LogP) is 1.03. The number of hydrogen-bond acceptors (Lipinski definition) is 6. The maximum Gasteiger partial charge on any atom is 0.342 e. The van der Waals surface area contributed by atoms with Gasteiger partial charge in [-0.05, 0) is 13.0 Å². The molecule has 0 aromatic heterocycles. The molecule has 0 saturated heterocycles. The van der Waals surface area contributed by atoms with Gasteiger partial charge in [0, 0.05) is 6.07 Å². The zero-order valence-corrected chi connectivity index (χ0v) is 10.3. The largest absolute Gasteiger partial charge is 0.493 e. The van der Waals surface area contributed by atoms with E-state index in [2.05, 4.69) is 0 Å². The van der Waals surface area contributed by atoms with Gasteiger partial charge >= 0.3 is 5.97 Å². The first-order valence-electron chi connectivity index (χ1n) is 5.43. The molecule has 1 rings (SSSR count). The Morgan fingerprint density at radius 2 is 2.16 bits per heavy atom. The second-order valence-electron chi connectivity index (χ2n) is 3.57. The molecule has 0 aliphatic rings. The van der Waals surface area contributed by atoms with E-state index in [1.807, 2.05) is 0 Å². The highest BCUT2D eigenvalue weighted by atomic mass is 16.6. The maximum atomic E-state index is 10.9. The molecule has 104 valence electrons. The third-order valence-electron chi connectivity index (χ3n) is 2.32. The van der Waals surface area contributed by atoms with Crippen molar-refractivity contribution in [2.24, 2.45) is 5.73 Å². The molecule has 3 N–H and O–H groups in total. The summed E-state index contributed by atoms with van der Waals surface area (Å²) in [6.45, 7) is 0.675. The van der Waals surface area contributed by atoms with Crippen molar-refractivity contribution in [3.05, 3.63) is 27.8 Å². The van der Waals surface area contributed by atoms with E-state index in [1.165, 1.54) is 7.11 Å². The third-order valence-corrected chi connectivity index (χ3v) is 2.32. The van der Waals surface area contributed by atoms with E-state index in [-0.39, 0.29) is 18.1 Å². The molecular formula is C11H14N2O6. The number of carboxylic acid groups (broad SMARTS) is 1. The van der Waals surface area contributed by atoms with Crippen molar-refractivity contribution in [2.75, 3.05) is 20.3 Å². The van der Waals surface area contributed by atoms with Crippen molar-refractivity contribution in [3.8, 4) is 11.5 Å². The summed E-state index contributed by atoms with van der Waals surface area (Å²) in [6.07, 6.45) is 0.567. The highest BCUT2D eigenvalue weighted by molar-refractivity contribution is 5.93. The van der Waals surface area contributed by atoms with E-state index in [9.17, 15) is 14.9 Å². The van der Waals surface area contributed by atoms with Gasteiger partial charge in [-0.25, -0.2) is 4.79 Å². The third kappa shape index (κ3) is 3.55. The van der Waals surface area contributed by atoms with Crippen LogP contribution in [0, 0.1) is 10.1 Å². The molecule has 0 spiro atoms. The summed E-state index contributed by atoms with van der Waals surface area (Å²) in [6, 6.07) is 2.11. The van der Waals surface area contributed by atoms with Crippen LogP contribution in [-0.4, -0.2) is 36.3 Å². The van der Waals surface area contributed by atoms with Gasteiger partial charge in [-0.3, -0.25) is 10.1 Å². The molecule has 0 bridgehead atoms. The molecule has 0 saturated carbocycles. The van der Waals surface area contributed by atoms with Crippen LogP contribution in [-0.2, 0) is 0 Å². The standard InChI is InChI=1S/C11H14N2O6/c1-18-9-5-7(11(14)15)8(13(16)17)6-10(9)19-4-2-3-12/h5-6H,2-4,12H2,1H3,(H,14,15). The number of nitrogens with zero attached hydrogens (tertiary/aromatic N) is 1. The molecule has 0 aliphatic heterocycles. The number of carbonyl (C=O) groups is 1. The molecule has 0 atom stereocenters. The number of nitro benzene ring substituents is 1. The van der Waals surface area contributed by atoms with E-state index in [0.717, 1.165) is 12.1 Å². The Kier molecular flexibility index (Phi) is 5.07. The number of rotatable bonds is 7. The van der Waals surface area contributed by atoms with Crippen LogP contribution in [0.2, 0.25) is 0 Å². The lowest BCUT2D eigenvalue weighted by molar-refractivity contribution is -0.385. The summed E-state index contributed by atoms with van der Waals surface area (Å²) in [5, 5.41) is 19.8. The summed E-state index contributed by atoms with van der Waals surface area (Å²) in [5.41, 5.74) is 4.31. The van der Waals surface area contributed by atoms with Crippen molar-refractivity contribution in [1.82, 2.24) is 0 Å². The van der Waals surface area contributed by atoms with Crippen LogP contribution in [0.5, 0.6) is 11.5 Å². The number of ether oxygens (including phenoxy) is 2. The lowest BCUT2D eigenvalue weighted by Crippen LogP contribution is -2.08. The molecule has 1 aromatic carbocycles. The Morgan fingerprint density at radius 3 is 2.63 bits per heavy atom. The van der Waals surface area contributed by atoms with Gasteiger partial charge in [0.15, 0.2) is 11.5 Å². The zero-order chi connectivity index (χ0) is 14.4. The Bertz CT molecular complexity index is 488. The first-order valence-corrected chi connectivity index (χ1v) is 5.43. The van der Waals surface area contributed by atoms with Crippen LogP contribution in [0.3, 0.4) is 0 Å². The lowest BCUT2D eigenvalue weighted by atomic mass is 10.1. The second-order valence-corrected chi connectivity index (χ2v) is 3.57. The summed E-state index contributed by atoms with van der Waals surface area (Å²) >= 11 is 0. The predicted molar refractivity (Wildman–Crippen MR) is 65.8 cm³/mol. The van der Waals surface area contributed by atoms with Crippen molar-refractivity contribution < 1.29 is 24.3 Å². The second kappa shape index (κ2) is 6.55. The van der Waals surface area contributed by atoms with Gasteiger partial charge in [-0.1, -0.05) is 0 Å².